The van der Waals surface area contributed by atoms with Gasteiger partial charge in [0.05, 0.1) is 18.6 Å². The fraction of sp³-hybridized carbons (Fsp3) is 0.217. The highest BCUT2D eigenvalue weighted by atomic mass is 16.5. The molecule has 32 heavy (non-hydrogen) atoms. The van der Waals surface area contributed by atoms with Gasteiger partial charge in [0, 0.05) is 23.9 Å². The van der Waals surface area contributed by atoms with E-state index in [0.29, 0.717) is 11.4 Å². The van der Waals surface area contributed by atoms with Crippen molar-refractivity contribution < 1.29 is 14.3 Å². The molecular weight excluding hydrogens is 410 g/mol. The summed E-state index contributed by atoms with van der Waals surface area (Å²) in [6.07, 6.45) is -0.155. The van der Waals surface area contributed by atoms with E-state index in [4.69, 9.17) is 4.74 Å². The molecule has 0 saturated carbocycles. The molecule has 0 unspecified atom stereocenters. The number of carbonyl (C=O) groups excluding carboxylic acids is 2. The molecule has 1 atom stereocenters. The van der Waals surface area contributed by atoms with Gasteiger partial charge in [-0.25, -0.2) is 0 Å². The van der Waals surface area contributed by atoms with Crippen LogP contribution in [0, 0.1) is 13.8 Å². The molecule has 9 heteroatoms. The number of ether oxygens (including phenoxy) is 1. The van der Waals surface area contributed by atoms with Gasteiger partial charge in [0.25, 0.3) is 5.56 Å². The zero-order valence-corrected chi connectivity index (χ0v) is 17.9. The van der Waals surface area contributed by atoms with Crippen molar-refractivity contribution in [2.45, 2.75) is 26.2 Å². The Morgan fingerprint density at radius 2 is 1.88 bits per heavy atom. The van der Waals surface area contributed by atoms with Crippen LogP contribution in [0.3, 0.4) is 0 Å². The molecule has 4 N–H and O–H groups in total. The van der Waals surface area contributed by atoms with Crippen LogP contribution in [0.4, 0.5) is 23.1 Å². The Labute approximate surface area is 184 Å². The monoisotopic (exact) mass is 433 g/mol. The first-order chi connectivity index (χ1) is 15.3. The van der Waals surface area contributed by atoms with Crippen molar-refractivity contribution in [3.05, 3.63) is 69.5 Å². The predicted molar refractivity (Wildman–Crippen MR) is 122 cm³/mol. The number of aromatic nitrogens is 2. The van der Waals surface area contributed by atoms with Crippen LogP contribution in [-0.4, -0.2) is 28.9 Å². The van der Waals surface area contributed by atoms with Crippen LogP contribution < -0.4 is 26.2 Å². The molecule has 1 aliphatic rings. The van der Waals surface area contributed by atoms with Gasteiger partial charge >= 0.3 is 0 Å². The van der Waals surface area contributed by atoms with Crippen molar-refractivity contribution in [1.29, 1.82) is 0 Å². The molecule has 2 aromatic carbocycles. The molecule has 2 heterocycles. The molecule has 3 aromatic rings. The average Bonchev–Trinajstić information content (AvgIpc) is 2.76. The van der Waals surface area contributed by atoms with Gasteiger partial charge in [-0.05, 0) is 37.6 Å². The Kier molecular flexibility index (Phi) is 5.63. The maximum atomic E-state index is 13.1. The summed E-state index contributed by atoms with van der Waals surface area (Å²) >= 11 is 0. The van der Waals surface area contributed by atoms with Crippen molar-refractivity contribution >= 4 is 35.0 Å². The van der Waals surface area contributed by atoms with E-state index < -0.39 is 17.4 Å². The van der Waals surface area contributed by atoms with E-state index in [0.717, 1.165) is 16.8 Å². The highest BCUT2D eigenvalue weighted by Crippen LogP contribution is 2.31. The van der Waals surface area contributed by atoms with Gasteiger partial charge in [0.15, 0.2) is 0 Å². The lowest BCUT2D eigenvalue weighted by atomic mass is 9.92. The Morgan fingerprint density at radius 1 is 1.12 bits per heavy atom. The number of hydrogen-bond donors (Lipinski definition) is 4. The first-order valence-electron chi connectivity index (χ1n) is 10.1. The minimum Gasteiger partial charge on any atom is -0.497 e. The third-order valence-corrected chi connectivity index (χ3v) is 5.28. The SMILES string of the molecule is COc1ccc(C)c(NC(=O)[C@H]2CC(=O)Nc3nc(Nc4ccc(C)cc4)[nH]c(=O)c32)c1. The van der Waals surface area contributed by atoms with Gasteiger partial charge in [-0.1, -0.05) is 23.8 Å². The lowest BCUT2D eigenvalue weighted by molar-refractivity contribution is -0.123. The van der Waals surface area contributed by atoms with Crippen molar-refractivity contribution in [2.24, 2.45) is 0 Å². The molecule has 9 nitrogen and oxygen atoms in total. The quantitative estimate of drug-likeness (QED) is 0.490. The van der Waals surface area contributed by atoms with Gasteiger partial charge < -0.3 is 20.7 Å². The van der Waals surface area contributed by atoms with E-state index in [1.165, 1.54) is 7.11 Å². The van der Waals surface area contributed by atoms with Crippen LogP contribution >= 0.6 is 0 Å². The van der Waals surface area contributed by atoms with E-state index >= 15 is 0 Å². The Morgan fingerprint density at radius 3 is 2.59 bits per heavy atom. The zero-order valence-electron chi connectivity index (χ0n) is 17.9. The summed E-state index contributed by atoms with van der Waals surface area (Å²) in [6.45, 7) is 3.81. The molecule has 164 valence electrons. The van der Waals surface area contributed by atoms with Crippen LogP contribution in [0.2, 0.25) is 0 Å². The third-order valence-electron chi connectivity index (χ3n) is 5.28. The number of aryl methyl sites for hydroxylation is 2. The maximum Gasteiger partial charge on any atom is 0.258 e. The number of hydrogen-bond acceptors (Lipinski definition) is 6. The Hall–Kier alpha value is -4.14. The van der Waals surface area contributed by atoms with Crippen molar-refractivity contribution in [3.8, 4) is 5.75 Å². The number of nitrogens with zero attached hydrogens (tertiary/aromatic N) is 1. The van der Waals surface area contributed by atoms with Crippen LogP contribution in [0.15, 0.2) is 47.3 Å². The summed E-state index contributed by atoms with van der Waals surface area (Å²) in [5, 5.41) is 8.42. The van der Waals surface area contributed by atoms with Crippen molar-refractivity contribution in [1.82, 2.24) is 9.97 Å². The molecule has 0 radical (unpaired) electrons. The smallest absolute Gasteiger partial charge is 0.258 e. The number of carbonyl (C=O) groups is 2. The lowest BCUT2D eigenvalue weighted by Gasteiger charge is -2.24. The second kappa shape index (κ2) is 8.54. The standard InChI is InChI=1S/C23H23N5O4/c1-12-4-7-14(8-5-12)24-23-27-20-19(22(31)28-23)16(11-18(29)26-20)21(30)25-17-10-15(32-3)9-6-13(17)2/h4-10,16H,11H2,1-3H3,(H,25,30)(H3,24,26,27,28,29,31)/t16-/m0/s1. The summed E-state index contributed by atoms with van der Waals surface area (Å²) in [5.74, 6) is -1.01. The molecule has 0 bridgehead atoms. The second-order valence-corrected chi connectivity index (χ2v) is 7.64. The van der Waals surface area contributed by atoms with E-state index in [2.05, 4.69) is 25.9 Å². The van der Waals surface area contributed by atoms with Gasteiger partial charge in [0.1, 0.15) is 11.6 Å². The molecule has 0 spiro atoms. The number of anilines is 4. The van der Waals surface area contributed by atoms with Crippen LogP contribution in [0.5, 0.6) is 5.75 Å². The topological polar surface area (TPSA) is 125 Å². The minimum atomic E-state index is -0.978. The predicted octanol–water partition coefficient (Wildman–Crippen LogP) is 3.20. The first-order valence-corrected chi connectivity index (χ1v) is 10.1. The van der Waals surface area contributed by atoms with E-state index in [1.54, 1.807) is 12.1 Å². The summed E-state index contributed by atoms with van der Waals surface area (Å²) in [6, 6.07) is 12.8. The highest BCUT2D eigenvalue weighted by Gasteiger charge is 2.35. The first kappa shape index (κ1) is 21.1. The molecular formula is C23H23N5O4. The van der Waals surface area contributed by atoms with Crippen molar-refractivity contribution in [3.63, 3.8) is 0 Å². The Bertz CT molecular complexity index is 1250. The van der Waals surface area contributed by atoms with E-state index in [-0.39, 0.29) is 29.7 Å². The number of rotatable bonds is 5. The number of fused-ring (bicyclic) bond motifs is 1. The van der Waals surface area contributed by atoms with Gasteiger partial charge in [-0.3, -0.25) is 19.4 Å². The highest BCUT2D eigenvalue weighted by molar-refractivity contribution is 6.04. The number of amides is 2. The van der Waals surface area contributed by atoms with Crippen molar-refractivity contribution in [2.75, 3.05) is 23.1 Å². The zero-order chi connectivity index (χ0) is 22.8. The van der Waals surface area contributed by atoms with Gasteiger partial charge in [-0.2, -0.15) is 4.98 Å². The average molecular weight is 433 g/mol. The number of nitrogens with one attached hydrogen (secondary N) is 4. The number of benzene rings is 2. The summed E-state index contributed by atoms with van der Waals surface area (Å²) in [7, 11) is 1.53. The third kappa shape index (κ3) is 4.31. The fourth-order valence-corrected chi connectivity index (χ4v) is 3.51. The number of H-pyrrole nitrogens is 1. The van der Waals surface area contributed by atoms with Gasteiger partial charge in [-0.15, -0.1) is 0 Å². The van der Waals surface area contributed by atoms with Crippen LogP contribution in [-0.2, 0) is 9.59 Å². The van der Waals surface area contributed by atoms with E-state index in [1.807, 2.05) is 44.2 Å². The number of aromatic amines is 1. The summed E-state index contributed by atoms with van der Waals surface area (Å²) in [5.41, 5.74) is 2.82. The molecule has 0 fully saturated rings. The molecule has 2 amide bonds. The van der Waals surface area contributed by atoms with Crippen LogP contribution in [0.25, 0.3) is 0 Å². The fourth-order valence-electron chi connectivity index (χ4n) is 3.51. The Balaban J connectivity index is 1.64. The molecule has 1 aromatic heterocycles. The molecule has 0 saturated heterocycles. The summed E-state index contributed by atoms with van der Waals surface area (Å²) < 4.78 is 5.21. The molecule has 0 aliphatic carbocycles. The van der Waals surface area contributed by atoms with E-state index in [9.17, 15) is 14.4 Å². The largest absolute Gasteiger partial charge is 0.497 e. The lowest BCUT2D eigenvalue weighted by Crippen LogP contribution is -2.36. The minimum absolute atomic E-state index is 0.0714. The van der Waals surface area contributed by atoms with Crippen LogP contribution in [0.1, 0.15) is 29.0 Å². The van der Waals surface area contributed by atoms with Gasteiger partial charge in [0.2, 0.25) is 17.8 Å². The summed E-state index contributed by atoms with van der Waals surface area (Å²) in [4.78, 5) is 45.2. The molecule has 4 rings (SSSR count). The molecule has 1 aliphatic heterocycles. The number of methoxy groups -OCH3 is 1. The second-order valence-electron chi connectivity index (χ2n) is 7.64. The maximum absolute atomic E-state index is 13.1. The normalized spacial score (nSPS) is 14.8.